The zero-order valence-corrected chi connectivity index (χ0v) is 10.7. The number of aromatic hydroxyl groups is 1. The van der Waals surface area contributed by atoms with Crippen molar-refractivity contribution in [2.45, 2.75) is 0 Å². The van der Waals surface area contributed by atoms with Crippen molar-refractivity contribution in [2.75, 3.05) is 5.32 Å². The molecule has 1 amide bonds. The number of rotatable bonds is 3. The van der Waals surface area contributed by atoms with Crippen LogP contribution in [0, 0.1) is 5.82 Å². The summed E-state index contributed by atoms with van der Waals surface area (Å²) in [6.45, 7) is 0. The Morgan fingerprint density at radius 2 is 1.86 bits per heavy atom. The fraction of sp³-hybridized carbons (Fsp3) is 0. The number of phenols is 1. The molecule has 2 aromatic rings. The summed E-state index contributed by atoms with van der Waals surface area (Å²) in [5, 5.41) is 23.2. The Morgan fingerprint density at radius 1 is 1.19 bits per heavy atom. The molecule has 0 unspecified atom stereocenters. The van der Waals surface area contributed by atoms with Crippen LogP contribution in [0.2, 0.25) is 0 Å². The summed E-state index contributed by atoms with van der Waals surface area (Å²) < 4.78 is 13.2. The molecule has 2 rings (SSSR count). The van der Waals surface area contributed by atoms with Gasteiger partial charge in [0.1, 0.15) is 11.6 Å². The Balaban J connectivity index is 2.31. The number of oxime groups is 1. The molecule has 0 atom stereocenters. The lowest BCUT2D eigenvalue weighted by Gasteiger charge is -2.10. The summed E-state index contributed by atoms with van der Waals surface area (Å²) in [6.07, 6.45) is 0. The van der Waals surface area contributed by atoms with Crippen LogP contribution >= 0.6 is 0 Å². The summed E-state index contributed by atoms with van der Waals surface area (Å²) in [4.78, 5) is 12.0. The van der Waals surface area contributed by atoms with E-state index < -0.39 is 11.7 Å². The van der Waals surface area contributed by atoms with E-state index in [2.05, 4.69) is 10.5 Å². The van der Waals surface area contributed by atoms with Crippen LogP contribution in [-0.2, 0) is 0 Å². The van der Waals surface area contributed by atoms with E-state index in [1.165, 1.54) is 30.3 Å². The van der Waals surface area contributed by atoms with Gasteiger partial charge in [0.25, 0.3) is 5.91 Å². The molecule has 0 spiro atoms. The predicted molar refractivity (Wildman–Crippen MR) is 75.0 cm³/mol. The molecule has 0 radical (unpaired) electrons. The van der Waals surface area contributed by atoms with E-state index in [0.29, 0.717) is 5.56 Å². The standard InChI is InChI=1S/C14H12FN3O3/c15-9-3-6-12(11(7-9)13(16)18-21)17-14(20)8-1-4-10(19)5-2-8/h1-7,19,21H,(H2,16,18)(H,17,20). The first kappa shape index (κ1) is 14.3. The van der Waals surface area contributed by atoms with Crippen molar-refractivity contribution in [3.8, 4) is 5.75 Å². The van der Waals surface area contributed by atoms with Crippen molar-refractivity contribution in [1.29, 1.82) is 0 Å². The lowest BCUT2D eigenvalue weighted by atomic mass is 10.1. The van der Waals surface area contributed by atoms with Crippen molar-refractivity contribution in [3.63, 3.8) is 0 Å². The zero-order chi connectivity index (χ0) is 15.4. The SMILES string of the molecule is N/C(=N/O)c1cc(F)ccc1NC(=O)c1ccc(O)cc1. The number of amidine groups is 1. The van der Waals surface area contributed by atoms with Gasteiger partial charge in [0.15, 0.2) is 5.84 Å². The van der Waals surface area contributed by atoms with Gasteiger partial charge in [-0.05, 0) is 42.5 Å². The number of halogens is 1. The van der Waals surface area contributed by atoms with E-state index in [9.17, 15) is 14.3 Å². The Kier molecular flexibility index (Phi) is 4.03. The summed E-state index contributed by atoms with van der Waals surface area (Å²) >= 11 is 0. The third-order valence-corrected chi connectivity index (χ3v) is 2.74. The van der Waals surface area contributed by atoms with Gasteiger partial charge >= 0.3 is 0 Å². The Labute approximate surface area is 119 Å². The minimum atomic E-state index is -0.584. The maximum atomic E-state index is 13.2. The highest BCUT2D eigenvalue weighted by Gasteiger charge is 2.12. The third-order valence-electron chi connectivity index (χ3n) is 2.74. The number of benzene rings is 2. The normalized spacial score (nSPS) is 11.2. The topological polar surface area (TPSA) is 108 Å². The van der Waals surface area contributed by atoms with Crippen LogP contribution in [0.4, 0.5) is 10.1 Å². The molecule has 0 aromatic heterocycles. The van der Waals surface area contributed by atoms with Gasteiger partial charge < -0.3 is 21.4 Å². The van der Waals surface area contributed by atoms with Crippen molar-refractivity contribution in [1.82, 2.24) is 0 Å². The minimum absolute atomic E-state index is 0.0330. The summed E-state index contributed by atoms with van der Waals surface area (Å²) in [6, 6.07) is 9.08. The largest absolute Gasteiger partial charge is 0.508 e. The molecular formula is C14H12FN3O3. The van der Waals surface area contributed by atoms with E-state index >= 15 is 0 Å². The summed E-state index contributed by atoms with van der Waals surface area (Å²) in [7, 11) is 0. The highest BCUT2D eigenvalue weighted by molar-refractivity contribution is 6.09. The monoisotopic (exact) mass is 289 g/mol. The van der Waals surface area contributed by atoms with Crippen LogP contribution in [0.25, 0.3) is 0 Å². The number of hydrogen-bond donors (Lipinski definition) is 4. The number of anilines is 1. The number of nitrogens with one attached hydrogen (secondary N) is 1. The quantitative estimate of drug-likeness (QED) is 0.299. The Morgan fingerprint density at radius 3 is 2.48 bits per heavy atom. The molecule has 0 bridgehead atoms. The molecule has 2 aromatic carbocycles. The smallest absolute Gasteiger partial charge is 0.255 e. The molecule has 0 aliphatic carbocycles. The van der Waals surface area contributed by atoms with E-state index in [1.807, 2.05) is 0 Å². The lowest BCUT2D eigenvalue weighted by Crippen LogP contribution is -2.19. The van der Waals surface area contributed by atoms with Crippen LogP contribution < -0.4 is 11.1 Å². The molecule has 21 heavy (non-hydrogen) atoms. The maximum absolute atomic E-state index is 13.2. The first-order valence-corrected chi connectivity index (χ1v) is 5.89. The van der Waals surface area contributed by atoms with Crippen LogP contribution in [0.3, 0.4) is 0 Å². The number of hydrogen-bond acceptors (Lipinski definition) is 4. The van der Waals surface area contributed by atoms with Gasteiger partial charge in [-0.25, -0.2) is 4.39 Å². The van der Waals surface area contributed by atoms with Crippen LogP contribution in [-0.4, -0.2) is 22.1 Å². The van der Waals surface area contributed by atoms with Gasteiger partial charge in [-0.2, -0.15) is 0 Å². The number of nitrogens with two attached hydrogens (primary N) is 1. The maximum Gasteiger partial charge on any atom is 0.255 e. The fourth-order valence-corrected chi connectivity index (χ4v) is 1.70. The molecule has 108 valence electrons. The molecule has 0 saturated carbocycles. The third kappa shape index (κ3) is 3.27. The van der Waals surface area contributed by atoms with Gasteiger partial charge in [0.05, 0.1) is 5.69 Å². The summed E-state index contributed by atoms with van der Waals surface area (Å²) in [5.41, 5.74) is 6.00. The average Bonchev–Trinajstić information content (AvgIpc) is 2.48. The van der Waals surface area contributed by atoms with Gasteiger partial charge in [-0.1, -0.05) is 5.16 Å². The molecule has 0 aliphatic heterocycles. The second-order valence-corrected chi connectivity index (χ2v) is 4.18. The Hall–Kier alpha value is -3.09. The van der Waals surface area contributed by atoms with Gasteiger partial charge in [0, 0.05) is 11.1 Å². The van der Waals surface area contributed by atoms with E-state index in [0.717, 1.165) is 12.1 Å². The van der Waals surface area contributed by atoms with Crippen molar-refractivity contribution in [3.05, 3.63) is 59.4 Å². The van der Waals surface area contributed by atoms with Crippen molar-refractivity contribution in [2.24, 2.45) is 10.9 Å². The van der Waals surface area contributed by atoms with Crippen molar-refractivity contribution < 1.29 is 19.5 Å². The number of nitrogens with zero attached hydrogens (tertiary/aromatic N) is 1. The number of carbonyl (C=O) groups is 1. The molecular weight excluding hydrogens is 277 g/mol. The molecule has 0 aliphatic rings. The average molecular weight is 289 g/mol. The lowest BCUT2D eigenvalue weighted by molar-refractivity contribution is 0.102. The summed E-state index contributed by atoms with van der Waals surface area (Å²) in [5.74, 6) is -1.35. The molecule has 7 heteroatoms. The molecule has 6 nitrogen and oxygen atoms in total. The van der Waals surface area contributed by atoms with Crippen LogP contribution in [0.15, 0.2) is 47.6 Å². The highest BCUT2D eigenvalue weighted by Crippen LogP contribution is 2.18. The number of amides is 1. The molecule has 0 saturated heterocycles. The van der Waals surface area contributed by atoms with Crippen LogP contribution in [0.1, 0.15) is 15.9 Å². The first-order chi connectivity index (χ1) is 10.0. The molecule has 0 fully saturated rings. The molecule has 0 heterocycles. The fourth-order valence-electron chi connectivity index (χ4n) is 1.70. The van der Waals surface area contributed by atoms with E-state index in [1.54, 1.807) is 0 Å². The van der Waals surface area contributed by atoms with Gasteiger partial charge in [-0.15, -0.1) is 0 Å². The first-order valence-electron chi connectivity index (χ1n) is 5.89. The minimum Gasteiger partial charge on any atom is -0.508 e. The van der Waals surface area contributed by atoms with Gasteiger partial charge in [0.2, 0.25) is 0 Å². The Bertz CT molecular complexity index is 699. The molecule has 5 N–H and O–H groups in total. The van der Waals surface area contributed by atoms with Gasteiger partial charge in [-0.3, -0.25) is 4.79 Å². The number of carbonyl (C=O) groups excluding carboxylic acids is 1. The van der Waals surface area contributed by atoms with Crippen molar-refractivity contribution >= 4 is 17.4 Å². The zero-order valence-electron chi connectivity index (χ0n) is 10.7. The van der Waals surface area contributed by atoms with Crippen LogP contribution in [0.5, 0.6) is 5.75 Å². The highest BCUT2D eigenvalue weighted by atomic mass is 19.1. The van der Waals surface area contributed by atoms with E-state index in [4.69, 9.17) is 10.9 Å². The second-order valence-electron chi connectivity index (χ2n) is 4.18. The number of phenolic OH excluding ortho intramolecular Hbond substituents is 1. The predicted octanol–water partition coefficient (Wildman–Crippen LogP) is 1.88. The van der Waals surface area contributed by atoms with E-state index in [-0.39, 0.29) is 22.8 Å². The second kappa shape index (κ2) is 5.91.